The molecule has 17 heavy (non-hydrogen) atoms. The van der Waals surface area contributed by atoms with Crippen molar-refractivity contribution in [3.63, 3.8) is 0 Å². The molecule has 0 fully saturated rings. The Labute approximate surface area is 114 Å². The summed E-state index contributed by atoms with van der Waals surface area (Å²) in [7, 11) is 0. The molecule has 3 N–H and O–H groups in total. The van der Waals surface area contributed by atoms with Gasteiger partial charge < -0.3 is 11.1 Å². The summed E-state index contributed by atoms with van der Waals surface area (Å²) in [5.41, 5.74) is 8.69. The van der Waals surface area contributed by atoms with E-state index in [0.717, 1.165) is 21.4 Å². The van der Waals surface area contributed by atoms with Crippen LogP contribution in [0.5, 0.6) is 0 Å². The predicted octanol–water partition coefficient (Wildman–Crippen LogP) is 4.30. The van der Waals surface area contributed by atoms with Crippen LogP contribution in [0, 0.1) is 0 Å². The van der Waals surface area contributed by atoms with Crippen LogP contribution in [-0.4, -0.2) is 0 Å². The number of nitrogens with two attached hydrogens (primary N) is 1. The highest BCUT2D eigenvalue weighted by Crippen LogP contribution is 2.30. The maximum atomic E-state index is 6.02. The molecule has 0 spiro atoms. The molecule has 0 aliphatic carbocycles. The largest absolute Gasteiger partial charge is 0.398 e. The molecule has 0 saturated heterocycles. The van der Waals surface area contributed by atoms with Gasteiger partial charge in [0.1, 0.15) is 0 Å². The van der Waals surface area contributed by atoms with Crippen LogP contribution in [0.2, 0.25) is 5.02 Å². The van der Waals surface area contributed by atoms with Crippen LogP contribution < -0.4 is 11.1 Å². The minimum atomic E-state index is 0.672. The van der Waals surface area contributed by atoms with Crippen molar-refractivity contribution >= 4 is 38.9 Å². The van der Waals surface area contributed by atoms with Gasteiger partial charge in [-0.25, -0.2) is 0 Å². The highest BCUT2D eigenvalue weighted by atomic mass is 79.9. The molecule has 4 heteroatoms. The molecule has 0 unspecified atom stereocenters. The minimum absolute atomic E-state index is 0.672. The quantitative estimate of drug-likeness (QED) is 0.830. The fourth-order valence-electron chi connectivity index (χ4n) is 1.53. The zero-order valence-corrected chi connectivity index (χ0v) is 11.4. The molecule has 0 saturated carbocycles. The van der Waals surface area contributed by atoms with Crippen molar-refractivity contribution in [1.82, 2.24) is 0 Å². The Morgan fingerprint density at radius 2 is 1.88 bits per heavy atom. The number of nitrogens with one attached hydrogen (secondary N) is 1. The predicted molar refractivity (Wildman–Crippen MR) is 77.3 cm³/mol. The summed E-state index contributed by atoms with van der Waals surface area (Å²) in [6.07, 6.45) is 0. The second-order valence-electron chi connectivity index (χ2n) is 3.65. The highest BCUT2D eigenvalue weighted by Gasteiger charge is 2.04. The number of benzene rings is 2. The minimum Gasteiger partial charge on any atom is -0.398 e. The van der Waals surface area contributed by atoms with Gasteiger partial charge in [0.15, 0.2) is 0 Å². The smallest absolute Gasteiger partial charge is 0.0593 e. The molecule has 0 heterocycles. The van der Waals surface area contributed by atoms with Crippen LogP contribution in [0.15, 0.2) is 46.9 Å². The van der Waals surface area contributed by atoms with Crippen molar-refractivity contribution in [1.29, 1.82) is 0 Å². The Bertz CT molecular complexity index is 529. The van der Waals surface area contributed by atoms with Gasteiger partial charge in [0.2, 0.25) is 0 Å². The first-order valence-corrected chi connectivity index (χ1v) is 6.37. The maximum Gasteiger partial charge on any atom is 0.0593 e. The zero-order chi connectivity index (χ0) is 12.3. The summed E-state index contributed by atoms with van der Waals surface area (Å²) in [4.78, 5) is 0. The maximum absolute atomic E-state index is 6.02. The van der Waals surface area contributed by atoms with Crippen LogP contribution in [-0.2, 0) is 6.54 Å². The summed E-state index contributed by atoms with van der Waals surface area (Å²) in [6.45, 7) is 0.672. The fourth-order valence-corrected chi connectivity index (χ4v) is 2.11. The first-order valence-electron chi connectivity index (χ1n) is 5.20. The normalized spacial score (nSPS) is 10.2. The first kappa shape index (κ1) is 12.3. The average Bonchev–Trinajstić information content (AvgIpc) is 2.33. The number of rotatable bonds is 3. The second-order valence-corrected chi connectivity index (χ2v) is 4.85. The zero-order valence-electron chi connectivity index (χ0n) is 9.08. The van der Waals surface area contributed by atoms with Gasteiger partial charge in [-0.05, 0) is 39.7 Å². The van der Waals surface area contributed by atoms with E-state index in [1.165, 1.54) is 0 Å². The molecule has 0 amide bonds. The van der Waals surface area contributed by atoms with E-state index in [1.807, 2.05) is 42.5 Å². The molecule has 2 aromatic rings. The van der Waals surface area contributed by atoms with E-state index >= 15 is 0 Å². The van der Waals surface area contributed by atoms with E-state index < -0.39 is 0 Å². The van der Waals surface area contributed by atoms with E-state index in [9.17, 15) is 0 Å². The van der Waals surface area contributed by atoms with Crippen LogP contribution >= 0.6 is 27.5 Å². The molecule has 0 bridgehead atoms. The molecule has 0 aliphatic heterocycles. The van der Waals surface area contributed by atoms with E-state index in [4.69, 9.17) is 17.3 Å². The fraction of sp³-hybridized carbons (Fsp3) is 0.0769. The van der Waals surface area contributed by atoms with Gasteiger partial charge in [0, 0.05) is 12.2 Å². The van der Waals surface area contributed by atoms with E-state index in [1.54, 1.807) is 0 Å². The van der Waals surface area contributed by atoms with Crippen molar-refractivity contribution in [2.24, 2.45) is 0 Å². The molecule has 2 aromatic carbocycles. The Kier molecular flexibility index (Phi) is 3.92. The van der Waals surface area contributed by atoms with Crippen molar-refractivity contribution in [3.8, 4) is 0 Å². The molecule has 2 nitrogen and oxygen atoms in total. The van der Waals surface area contributed by atoms with Gasteiger partial charge in [0.05, 0.1) is 15.2 Å². The SMILES string of the molecule is Nc1ccccc1CNc1cccc(Cl)c1Br. The van der Waals surface area contributed by atoms with E-state index in [-0.39, 0.29) is 0 Å². The van der Waals surface area contributed by atoms with E-state index in [2.05, 4.69) is 21.2 Å². The monoisotopic (exact) mass is 310 g/mol. The summed E-state index contributed by atoms with van der Waals surface area (Å²) in [5.74, 6) is 0. The van der Waals surface area contributed by atoms with Crippen molar-refractivity contribution in [3.05, 3.63) is 57.5 Å². The van der Waals surface area contributed by atoms with Crippen molar-refractivity contribution < 1.29 is 0 Å². The summed E-state index contributed by atoms with van der Waals surface area (Å²) >= 11 is 9.46. The number of anilines is 2. The van der Waals surface area contributed by atoms with E-state index in [0.29, 0.717) is 11.6 Å². The highest BCUT2D eigenvalue weighted by molar-refractivity contribution is 9.10. The van der Waals surface area contributed by atoms with Gasteiger partial charge in [-0.3, -0.25) is 0 Å². The van der Waals surface area contributed by atoms with Gasteiger partial charge >= 0.3 is 0 Å². The molecule has 2 rings (SSSR count). The Balaban J connectivity index is 2.13. The Morgan fingerprint density at radius 1 is 1.12 bits per heavy atom. The third-order valence-electron chi connectivity index (χ3n) is 2.48. The van der Waals surface area contributed by atoms with Crippen molar-refractivity contribution in [2.75, 3.05) is 11.1 Å². The van der Waals surface area contributed by atoms with Crippen LogP contribution in [0.3, 0.4) is 0 Å². The molecule has 0 radical (unpaired) electrons. The van der Waals surface area contributed by atoms with Gasteiger partial charge in [-0.2, -0.15) is 0 Å². The van der Waals surface area contributed by atoms with Gasteiger partial charge in [-0.15, -0.1) is 0 Å². The lowest BCUT2D eigenvalue weighted by Gasteiger charge is -2.11. The third-order valence-corrected chi connectivity index (χ3v) is 3.87. The van der Waals surface area contributed by atoms with Gasteiger partial charge in [-0.1, -0.05) is 35.9 Å². The molecule has 0 aliphatic rings. The van der Waals surface area contributed by atoms with Crippen LogP contribution in [0.25, 0.3) is 0 Å². The molecule has 0 aromatic heterocycles. The summed E-state index contributed by atoms with van der Waals surface area (Å²) < 4.78 is 0.871. The summed E-state index contributed by atoms with van der Waals surface area (Å²) in [6, 6.07) is 13.5. The average molecular weight is 312 g/mol. The van der Waals surface area contributed by atoms with Crippen molar-refractivity contribution in [2.45, 2.75) is 6.54 Å². The molecule has 88 valence electrons. The van der Waals surface area contributed by atoms with Crippen LogP contribution in [0.4, 0.5) is 11.4 Å². The number of nitrogen functional groups attached to an aromatic ring is 1. The number of hydrogen-bond donors (Lipinski definition) is 2. The Hall–Kier alpha value is -1.19. The third kappa shape index (κ3) is 2.93. The lowest BCUT2D eigenvalue weighted by atomic mass is 10.2. The van der Waals surface area contributed by atoms with Crippen LogP contribution in [0.1, 0.15) is 5.56 Å². The first-order chi connectivity index (χ1) is 8.18. The molecular weight excluding hydrogens is 300 g/mol. The lowest BCUT2D eigenvalue weighted by molar-refractivity contribution is 1.15. The summed E-state index contributed by atoms with van der Waals surface area (Å²) in [5, 5.41) is 3.99. The molecular formula is C13H12BrClN2. The number of hydrogen-bond acceptors (Lipinski definition) is 2. The topological polar surface area (TPSA) is 38.0 Å². The van der Waals surface area contributed by atoms with Gasteiger partial charge in [0.25, 0.3) is 0 Å². The lowest BCUT2D eigenvalue weighted by Crippen LogP contribution is -2.03. The Morgan fingerprint density at radius 3 is 2.65 bits per heavy atom. The number of halogens is 2. The molecule has 0 atom stereocenters. The standard InChI is InChI=1S/C13H12BrClN2/c14-13-10(15)5-3-7-12(13)17-8-9-4-1-2-6-11(9)16/h1-7,17H,8,16H2. The number of para-hydroxylation sites is 1. The second kappa shape index (κ2) is 5.43.